The number of rotatable bonds is 5. The van der Waals surface area contributed by atoms with Gasteiger partial charge in [-0.2, -0.15) is 0 Å². The number of hydrogen-bond acceptors (Lipinski definition) is 0. The minimum absolute atomic E-state index is 0.968. The lowest BCUT2D eigenvalue weighted by atomic mass is 9.79. The Hall–Kier alpha value is -0.260. The average molecular weight is 180 g/mol. The fourth-order valence-corrected chi connectivity index (χ4v) is 2.48. The smallest absolute Gasteiger partial charge is 0.0325 e. The molecule has 0 saturated heterocycles. The molecule has 0 aromatic rings. The minimum Gasteiger partial charge on any atom is -0.103 e. The fourth-order valence-electron chi connectivity index (χ4n) is 2.48. The predicted molar refractivity (Wildman–Crippen MR) is 59.8 cm³/mol. The summed E-state index contributed by atoms with van der Waals surface area (Å²) >= 11 is 0. The molecule has 0 nitrogen and oxygen atoms in total. The lowest BCUT2D eigenvalue weighted by Crippen LogP contribution is -2.13. The minimum atomic E-state index is 0.968. The second-order valence-electron chi connectivity index (χ2n) is 4.55. The van der Waals surface area contributed by atoms with E-state index < -0.39 is 0 Å². The summed E-state index contributed by atoms with van der Waals surface area (Å²) in [5.41, 5.74) is 0. The summed E-state index contributed by atoms with van der Waals surface area (Å²) in [4.78, 5) is 0. The first-order valence-corrected chi connectivity index (χ1v) is 5.97. The van der Waals surface area contributed by atoms with Crippen LogP contribution in [-0.2, 0) is 0 Å². The molecule has 0 N–H and O–H groups in total. The van der Waals surface area contributed by atoms with Crippen molar-refractivity contribution >= 4 is 0 Å². The van der Waals surface area contributed by atoms with Crippen LogP contribution in [0.25, 0.3) is 0 Å². The van der Waals surface area contributed by atoms with E-state index in [4.69, 9.17) is 0 Å². The lowest BCUT2D eigenvalue weighted by molar-refractivity contribution is 0.261. The van der Waals surface area contributed by atoms with E-state index in [1.807, 2.05) is 0 Å². The molecule has 1 fully saturated rings. The Balaban J connectivity index is 2.11. The summed E-state index contributed by atoms with van der Waals surface area (Å²) < 4.78 is 0. The van der Waals surface area contributed by atoms with Crippen molar-refractivity contribution in [3.8, 4) is 0 Å². The Kier molecular flexibility index (Phi) is 5.19. The molecule has 0 aromatic carbocycles. The zero-order valence-electron chi connectivity index (χ0n) is 9.10. The largest absolute Gasteiger partial charge is 0.103 e. The Bertz CT molecular complexity index is 129. The summed E-state index contributed by atoms with van der Waals surface area (Å²) in [6.07, 6.45) is 13.5. The van der Waals surface area contributed by atoms with E-state index in [2.05, 4.69) is 19.6 Å². The summed E-state index contributed by atoms with van der Waals surface area (Å²) in [6.45, 7) is 6.12. The molecule has 0 radical (unpaired) electrons. The molecule has 13 heavy (non-hydrogen) atoms. The Morgan fingerprint density at radius 2 is 1.77 bits per heavy atom. The van der Waals surface area contributed by atoms with Crippen LogP contribution < -0.4 is 0 Å². The molecular weight excluding hydrogens is 156 g/mol. The van der Waals surface area contributed by atoms with Crippen molar-refractivity contribution in [3.05, 3.63) is 12.7 Å². The molecule has 0 heteroatoms. The van der Waals surface area contributed by atoms with Gasteiger partial charge in [0, 0.05) is 0 Å². The van der Waals surface area contributed by atoms with Crippen molar-refractivity contribution in [1.82, 2.24) is 0 Å². The van der Waals surface area contributed by atoms with Gasteiger partial charge in [-0.15, -0.1) is 6.58 Å². The first-order chi connectivity index (χ1) is 6.36. The number of hydrogen-bond donors (Lipinski definition) is 0. The van der Waals surface area contributed by atoms with Gasteiger partial charge in [0.2, 0.25) is 0 Å². The second-order valence-corrected chi connectivity index (χ2v) is 4.55. The van der Waals surface area contributed by atoms with Crippen molar-refractivity contribution < 1.29 is 0 Å². The Morgan fingerprint density at radius 3 is 2.31 bits per heavy atom. The molecule has 0 spiro atoms. The maximum absolute atomic E-state index is 3.82. The zero-order chi connectivity index (χ0) is 9.52. The van der Waals surface area contributed by atoms with Crippen molar-refractivity contribution in [1.29, 1.82) is 0 Å². The topological polar surface area (TPSA) is 0 Å². The zero-order valence-corrected chi connectivity index (χ0v) is 9.10. The van der Waals surface area contributed by atoms with Crippen LogP contribution in [0.5, 0.6) is 0 Å². The van der Waals surface area contributed by atoms with Crippen LogP contribution in [0.3, 0.4) is 0 Å². The first-order valence-electron chi connectivity index (χ1n) is 5.97. The van der Waals surface area contributed by atoms with Gasteiger partial charge in [0.25, 0.3) is 0 Å². The molecule has 0 atom stereocenters. The van der Waals surface area contributed by atoms with Crippen molar-refractivity contribution in [2.75, 3.05) is 0 Å². The maximum Gasteiger partial charge on any atom is -0.0325 e. The quantitative estimate of drug-likeness (QED) is 0.544. The van der Waals surface area contributed by atoms with Crippen LogP contribution in [0.4, 0.5) is 0 Å². The van der Waals surface area contributed by atoms with Gasteiger partial charge in [0.05, 0.1) is 0 Å². The van der Waals surface area contributed by atoms with Crippen LogP contribution in [0, 0.1) is 11.8 Å². The van der Waals surface area contributed by atoms with Crippen LogP contribution in [-0.4, -0.2) is 0 Å². The highest BCUT2D eigenvalue weighted by Crippen LogP contribution is 2.33. The highest BCUT2D eigenvalue weighted by molar-refractivity contribution is 4.78. The number of allylic oxidation sites excluding steroid dienone is 1. The van der Waals surface area contributed by atoms with E-state index in [1.165, 1.54) is 51.4 Å². The van der Waals surface area contributed by atoms with Crippen LogP contribution in [0.15, 0.2) is 12.7 Å². The molecule has 0 amide bonds. The third kappa shape index (κ3) is 3.97. The molecule has 0 bridgehead atoms. The van der Waals surface area contributed by atoms with Crippen LogP contribution in [0.1, 0.15) is 58.3 Å². The van der Waals surface area contributed by atoms with E-state index in [0.717, 1.165) is 11.8 Å². The molecule has 0 aliphatic heterocycles. The third-order valence-electron chi connectivity index (χ3n) is 3.43. The average Bonchev–Trinajstić information content (AvgIpc) is 2.17. The summed E-state index contributed by atoms with van der Waals surface area (Å²) in [7, 11) is 0. The van der Waals surface area contributed by atoms with Crippen LogP contribution in [0.2, 0.25) is 0 Å². The van der Waals surface area contributed by atoms with Gasteiger partial charge in [-0.05, 0) is 31.1 Å². The molecule has 0 unspecified atom stereocenters. The van der Waals surface area contributed by atoms with Gasteiger partial charge in [0.15, 0.2) is 0 Å². The van der Waals surface area contributed by atoms with E-state index in [9.17, 15) is 0 Å². The van der Waals surface area contributed by atoms with E-state index in [-0.39, 0.29) is 0 Å². The molecule has 0 heterocycles. The normalized spacial score (nSPS) is 28.7. The summed E-state index contributed by atoms with van der Waals surface area (Å²) in [5, 5.41) is 0. The van der Waals surface area contributed by atoms with Gasteiger partial charge in [-0.25, -0.2) is 0 Å². The van der Waals surface area contributed by atoms with Gasteiger partial charge >= 0.3 is 0 Å². The summed E-state index contributed by atoms with van der Waals surface area (Å²) in [6, 6.07) is 0. The SMILES string of the molecule is C=CCC1CCC(CCCC)CC1. The standard InChI is InChI=1S/C13H24/c1-3-5-7-13-10-8-12(6-4-2)9-11-13/h4,12-13H,2-3,5-11H2,1H3. The van der Waals surface area contributed by atoms with E-state index in [1.54, 1.807) is 0 Å². The van der Waals surface area contributed by atoms with E-state index in [0.29, 0.717) is 0 Å². The fraction of sp³-hybridized carbons (Fsp3) is 0.846. The molecule has 0 aromatic heterocycles. The van der Waals surface area contributed by atoms with Gasteiger partial charge in [-0.3, -0.25) is 0 Å². The molecule has 1 rings (SSSR count). The van der Waals surface area contributed by atoms with Crippen molar-refractivity contribution in [3.63, 3.8) is 0 Å². The van der Waals surface area contributed by atoms with Gasteiger partial charge < -0.3 is 0 Å². The maximum atomic E-state index is 3.82. The highest BCUT2D eigenvalue weighted by atomic mass is 14.2. The number of unbranched alkanes of at least 4 members (excludes halogenated alkanes) is 1. The van der Waals surface area contributed by atoms with Gasteiger partial charge in [-0.1, -0.05) is 45.1 Å². The Labute approximate surface area is 83.4 Å². The molecule has 1 aliphatic carbocycles. The van der Waals surface area contributed by atoms with Gasteiger partial charge in [0.1, 0.15) is 0 Å². The molecular formula is C13H24. The van der Waals surface area contributed by atoms with Crippen LogP contribution >= 0.6 is 0 Å². The van der Waals surface area contributed by atoms with Crippen molar-refractivity contribution in [2.24, 2.45) is 11.8 Å². The predicted octanol–water partition coefficient (Wildman–Crippen LogP) is 4.56. The monoisotopic (exact) mass is 180 g/mol. The first kappa shape index (κ1) is 10.8. The summed E-state index contributed by atoms with van der Waals surface area (Å²) in [5.74, 6) is 2.02. The molecule has 76 valence electrons. The van der Waals surface area contributed by atoms with Crippen molar-refractivity contribution in [2.45, 2.75) is 58.3 Å². The van der Waals surface area contributed by atoms with E-state index >= 15 is 0 Å². The Morgan fingerprint density at radius 1 is 1.15 bits per heavy atom. The molecule has 1 saturated carbocycles. The lowest BCUT2D eigenvalue weighted by Gasteiger charge is -2.27. The third-order valence-corrected chi connectivity index (χ3v) is 3.43. The molecule has 1 aliphatic rings. The second kappa shape index (κ2) is 6.23. The highest BCUT2D eigenvalue weighted by Gasteiger charge is 2.19.